The average Bonchev–Trinajstić information content (AvgIpc) is 2.65. The molecule has 3 N–H and O–H groups in total. The Hall–Kier alpha value is -3.62. The molecule has 1 aliphatic rings. The van der Waals surface area contributed by atoms with Crippen LogP contribution in [0.2, 0.25) is 0 Å². The zero-order valence-electron chi connectivity index (χ0n) is 15.2. The number of aromatic nitrogens is 1. The number of nitrogens with one attached hydrogen (secondary N) is 2. The molecule has 146 valence electrons. The fourth-order valence-corrected chi connectivity index (χ4v) is 2.95. The van der Waals surface area contributed by atoms with Crippen LogP contribution in [0.25, 0.3) is 0 Å². The summed E-state index contributed by atoms with van der Waals surface area (Å²) < 4.78 is 1.32. The van der Waals surface area contributed by atoms with E-state index in [1.807, 2.05) is 30.3 Å². The van der Waals surface area contributed by atoms with Crippen LogP contribution in [0.3, 0.4) is 0 Å². The molecule has 28 heavy (non-hydrogen) atoms. The van der Waals surface area contributed by atoms with Crippen LogP contribution in [-0.2, 0) is 6.54 Å². The van der Waals surface area contributed by atoms with Crippen LogP contribution in [0.1, 0.15) is 26.3 Å². The Balaban J connectivity index is 1.86. The summed E-state index contributed by atoms with van der Waals surface area (Å²) in [5, 5.41) is 14.0. The molecule has 1 saturated heterocycles. The summed E-state index contributed by atoms with van der Waals surface area (Å²) in [6, 6.07) is 10.2. The molecule has 0 bridgehead atoms. The molecule has 9 heteroatoms. The second-order valence-electron chi connectivity index (χ2n) is 6.50. The van der Waals surface area contributed by atoms with Crippen molar-refractivity contribution in [3.63, 3.8) is 0 Å². The molecule has 0 unspecified atom stereocenters. The van der Waals surface area contributed by atoms with Crippen LogP contribution in [-0.4, -0.2) is 58.7 Å². The predicted octanol–water partition coefficient (Wildman–Crippen LogP) is 0.348. The van der Waals surface area contributed by atoms with Crippen molar-refractivity contribution in [3.8, 4) is 0 Å². The Morgan fingerprint density at radius 1 is 1.14 bits per heavy atom. The minimum atomic E-state index is -1.04. The SMILES string of the molecule is CNC(=O)c1cc(C(=O)NC2CN(C(=O)O)C2)cn(Cc2ccccc2)c1=O. The molecule has 0 radical (unpaired) electrons. The van der Waals surface area contributed by atoms with Crippen LogP contribution >= 0.6 is 0 Å². The molecule has 0 spiro atoms. The molecule has 1 aromatic carbocycles. The Morgan fingerprint density at radius 2 is 1.82 bits per heavy atom. The van der Waals surface area contributed by atoms with E-state index in [1.54, 1.807) is 0 Å². The normalized spacial score (nSPS) is 13.5. The van der Waals surface area contributed by atoms with Crippen molar-refractivity contribution in [2.75, 3.05) is 20.1 Å². The highest BCUT2D eigenvalue weighted by Gasteiger charge is 2.32. The molecule has 1 aliphatic heterocycles. The molecular formula is C19H20N4O5. The number of likely N-dealkylation sites (tertiary alicyclic amines) is 1. The summed E-state index contributed by atoms with van der Waals surface area (Å²) in [7, 11) is 1.41. The van der Waals surface area contributed by atoms with Gasteiger partial charge in [0.15, 0.2) is 0 Å². The minimum absolute atomic E-state index is 0.133. The molecule has 1 aromatic heterocycles. The number of hydrogen-bond acceptors (Lipinski definition) is 4. The number of hydrogen-bond donors (Lipinski definition) is 3. The maximum Gasteiger partial charge on any atom is 0.407 e. The van der Waals surface area contributed by atoms with Crippen molar-refractivity contribution in [2.24, 2.45) is 0 Å². The third-order valence-corrected chi connectivity index (χ3v) is 4.50. The zero-order chi connectivity index (χ0) is 20.3. The summed E-state index contributed by atoms with van der Waals surface area (Å²) in [5.41, 5.74) is 0.372. The van der Waals surface area contributed by atoms with Crippen LogP contribution in [0.5, 0.6) is 0 Å². The average molecular weight is 384 g/mol. The fourth-order valence-electron chi connectivity index (χ4n) is 2.95. The number of nitrogens with zero attached hydrogens (tertiary/aromatic N) is 2. The first-order valence-electron chi connectivity index (χ1n) is 8.68. The highest BCUT2D eigenvalue weighted by atomic mass is 16.4. The summed E-state index contributed by atoms with van der Waals surface area (Å²) >= 11 is 0. The molecule has 2 heterocycles. The Labute approximate surface area is 160 Å². The van der Waals surface area contributed by atoms with Gasteiger partial charge in [-0.05, 0) is 11.6 Å². The second kappa shape index (κ2) is 7.95. The van der Waals surface area contributed by atoms with E-state index in [2.05, 4.69) is 10.6 Å². The number of rotatable bonds is 5. The first-order valence-corrected chi connectivity index (χ1v) is 8.68. The minimum Gasteiger partial charge on any atom is -0.465 e. The van der Waals surface area contributed by atoms with Crippen molar-refractivity contribution in [3.05, 3.63) is 69.6 Å². The molecule has 0 atom stereocenters. The van der Waals surface area contributed by atoms with Gasteiger partial charge in [0.1, 0.15) is 5.56 Å². The van der Waals surface area contributed by atoms with Gasteiger partial charge in [0.05, 0.1) is 18.2 Å². The van der Waals surface area contributed by atoms with E-state index in [0.717, 1.165) is 5.56 Å². The molecular weight excluding hydrogens is 364 g/mol. The van der Waals surface area contributed by atoms with Gasteiger partial charge >= 0.3 is 6.09 Å². The monoisotopic (exact) mass is 384 g/mol. The first kappa shape index (κ1) is 19.2. The molecule has 1 fully saturated rings. The number of pyridine rings is 1. The number of carbonyl (C=O) groups excluding carboxylic acids is 2. The van der Waals surface area contributed by atoms with Gasteiger partial charge < -0.3 is 25.2 Å². The molecule has 0 aliphatic carbocycles. The smallest absolute Gasteiger partial charge is 0.407 e. The lowest BCUT2D eigenvalue weighted by Gasteiger charge is -2.37. The third-order valence-electron chi connectivity index (χ3n) is 4.50. The van der Waals surface area contributed by atoms with Crippen LogP contribution in [0.4, 0.5) is 4.79 Å². The summed E-state index contributed by atoms with van der Waals surface area (Å²) in [5.74, 6) is -1.05. The lowest BCUT2D eigenvalue weighted by Crippen LogP contribution is -2.60. The Bertz CT molecular complexity index is 964. The van der Waals surface area contributed by atoms with Gasteiger partial charge in [0.25, 0.3) is 17.4 Å². The summed E-state index contributed by atoms with van der Waals surface area (Å²) in [6.45, 7) is 0.612. The quantitative estimate of drug-likeness (QED) is 0.687. The molecule has 9 nitrogen and oxygen atoms in total. The maximum atomic E-state index is 12.7. The number of carboxylic acid groups (broad SMARTS) is 1. The lowest BCUT2D eigenvalue weighted by molar-refractivity contribution is 0.0767. The van der Waals surface area contributed by atoms with Crippen LogP contribution < -0.4 is 16.2 Å². The van der Waals surface area contributed by atoms with E-state index < -0.39 is 23.5 Å². The van der Waals surface area contributed by atoms with Crippen molar-refractivity contribution >= 4 is 17.9 Å². The van der Waals surface area contributed by atoms with E-state index >= 15 is 0 Å². The van der Waals surface area contributed by atoms with Crippen molar-refractivity contribution < 1.29 is 19.5 Å². The van der Waals surface area contributed by atoms with Gasteiger partial charge in [-0.2, -0.15) is 0 Å². The Morgan fingerprint density at radius 3 is 2.43 bits per heavy atom. The molecule has 3 rings (SSSR count). The van der Waals surface area contributed by atoms with Gasteiger partial charge in [-0.1, -0.05) is 30.3 Å². The largest absolute Gasteiger partial charge is 0.465 e. The number of benzene rings is 1. The molecule has 3 amide bonds. The van der Waals surface area contributed by atoms with E-state index in [9.17, 15) is 19.2 Å². The Kier molecular flexibility index (Phi) is 5.44. The van der Waals surface area contributed by atoms with Gasteiger partial charge in [0, 0.05) is 26.3 Å². The van der Waals surface area contributed by atoms with Gasteiger partial charge in [-0.15, -0.1) is 0 Å². The van der Waals surface area contributed by atoms with E-state index in [-0.39, 0.29) is 36.8 Å². The van der Waals surface area contributed by atoms with E-state index in [0.29, 0.717) is 0 Å². The zero-order valence-corrected chi connectivity index (χ0v) is 15.2. The molecule has 0 saturated carbocycles. The lowest BCUT2D eigenvalue weighted by atomic mass is 10.1. The second-order valence-corrected chi connectivity index (χ2v) is 6.50. The summed E-state index contributed by atoms with van der Waals surface area (Å²) in [4.78, 5) is 49.3. The number of carbonyl (C=O) groups is 3. The fraction of sp³-hybridized carbons (Fsp3) is 0.263. The highest BCUT2D eigenvalue weighted by Crippen LogP contribution is 2.10. The van der Waals surface area contributed by atoms with Crippen molar-refractivity contribution in [1.82, 2.24) is 20.1 Å². The summed E-state index contributed by atoms with van der Waals surface area (Å²) in [6.07, 6.45) is 0.369. The number of amides is 3. The third kappa shape index (κ3) is 4.03. The van der Waals surface area contributed by atoms with Gasteiger partial charge in [-0.3, -0.25) is 14.4 Å². The first-order chi connectivity index (χ1) is 13.4. The standard InChI is InChI=1S/C19H20N4O5/c1-20-17(25)15-7-13(16(24)21-14-10-23(11-14)19(27)28)9-22(18(15)26)8-12-5-3-2-4-6-12/h2-7,9,14H,8,10-11H2,1H3,(H,20,25)(H,21,24)(H,27,28). The van der Waals surface area contributed by atoms with Crippen molar-refractivity contribution in [1.29, 1.82) is 0 Å². The van der Waals surface area contributed by atoms with Crippen LogP contribution in [0, 0.1) is 0 Å². The maximum absolute atomic E-state index is 12.7. The van der Waals surface area contributed by atoms with Crippen molar-refractivity contribution in [2.45, 2.75) is 12.6 Å². The van der Waals surface area contributed by atoms with E-state index in [4.69, 9.17) is 5.11 Å². The van der Waals surface area contributed by atoms with Gasteiger partial charge in [0.2, 0.25) is 0 Å². The highest BCUT2D eigenvalue weighted by molar-refractivity contribution is 5.99. The predicted molar refractivity (Wildman–Crippen MR) is 100 cm³/mol. The van der Waals surface area contributed by atoms with Crippen LogP contribution in [0.15, 0.2) is 47.4 Å². The topological polar surface area (TPSA) is 121 Å². The van der Waals surface area contributed by atoms with Gasteiger partial charge in [-0.25, -0.2) is 4.79 Å². The molecule has 2 aromatic rings. The van der Waals surface area contributed by atoms with E-state index in [1.165, 1.54) is 28.8 Å².